The van der Waals surface area contributed by atoms with E-state index in [-0.39, 0.29) is 0 Å². The minimum absolute atomic E-state index is 0.503. The third-order valence-electron chi connectivity index (χ3n) is 3.50. The van der Waals surface area contributed by atoms with Gasteiger partial charge >= 0.3 is 0 Å². The first-order chi connectivity index (χ1) is 9.63. The van der Waals surface area contributed by atoms with Gasteiger partial charge in [-0.1, -0.05) is 27.7 Å². The number of nitrogens with one attached hydrogen (secondary N) is 1. The van der Waals surface area contributed by atoms with E-state index < -0.39 is 0 Å². The number of aromatic nitrogens is 2. The SMILES string of the molecule is CCNC(Cc1ncnc2sc(CC)cc12)CC(C)C. The Bertz CT molecular complexity index is 548. The second kappa shape index (κ2) is 7.14. The van der Waals surface area contributed by atoms with Crippen molar-refractivity contribution in [3.05, 3.63) is 23.0 Å². The van der Waals surface area contributed by atoms with Crippen LogP contribution in [0.4, 0.5) is 0 Å². The summed E-state index contributed by atoms with van der Waals surface area (Å²) in [6.45, 7) is 9.93. The Labute approximate surface area is 125 Å². The molecular formula is C16H25N3S. The van der Waals surface area contributed by atoms with E-state index in [1.54, 1.807) is 17.7 Å². The van der Waals surface area contributed by atoms with Crippen LogP contribution < -0.4 is 5.32 Å². The number of hydrogen-bond acceptors (Lipinski definition) is 4. The maximum absolute atomic E-state index is 4.54. The summed E-state index contributed by atoms with van der Waals surface area (Å²) < 4.78 is 0. The summed E-state index contributed by atoms with van der Waals surface area (Å²) >= 11 is 1.79. The minimum Gasteiger partial charge on any atom is -0.314 e. The number of nitrogens with zero attached hydrogens (tertiary/aromatic N) is 2. The van der Waals surface area contributed by atoms with E-state index in [0.717, 1.165) is 24.2 Å². The monoisotopic (exact) mass is 291 g/mol. The van der Waals surface area contributed by atoms with Crippen LogP contribution in [0.25, 0.3) is 10.2 Å². The van der Waals surface area contributed by atoms with E-state index in [0.29, 0.717) is 12.0 Å². The van der Waals surface area contributed by atoms with Crippen molar-refractivity contribution in [2.75, 3.05) is 6.54 Å². The van der Waals surface area contributed by atoms with Gasteiger partial charge in [-0.2, -0.15) is 0 Å². The Kier molecular flexibility index (Phi) is 5.49. The van der Waals surface area contributed by atoms with Crippen molar-refractivity contribution < 1.29 is 0 Å². The van der Waals surface area contributed by atoms with Gasteiger partial charge < -0.3 is 5.32 Å². The van der Waals surface area contributed by atoms with Crippen LogP contribution in [0.15, 0.2) is 12.4 Å². The van der Waals surface area contributed by atoms with Crippen LogP contribution >= 0.6 is 11.3 Å². The standard InChI is InChI=1S/C16H25N3S/c1-5-13-9-14-15(18-10-19-16(14)20-13)8-12(17-6-2)7-11(3)4/h9-12,17H,5-8H2,1-4H3. The molecule has 0 aliphatic heterocycles. The fourth-order valence-electron chi connectivity index (χ4n) is 2.62. The van der Waals surface area contributed by atoms with E-state index in [2.05, 4.69) is 49.0 Å². The fraction of sp³-hybridized carbons (Fsp3) is 0.625. The Morgan fingerprint density at radius 1 is 1.25 bits per heavy atom. The first-order valence-electron chi connectivity index (χ1n) is 7.59. The molecule has 2 aromatic rings. The molecule has 1 N–H and O–H groups in total. The van der Waals surface area contributed by atoms with E-state index in [9.17, 15) is 0 Å². The average Bonchev–Trinajstić information content (AvgIpc) is 2.82. The third kappa shape index (κ3) is 3.76. The Morgan fingerprint density at radius 2 is 2.05 bits per heavy atom. The lowest BCUT2D eigenvalue weighted by Gasteiger charge is -2.19. The van der Waals surface area contributed by atoms with Gasteiger partial charge in [0.1, 0.15) is 11.2 Å². The van der Waals surface area contributed by atoms with Gasteiger partial charge in [0.15, 0.2) is 0 Å². The van der Waals surface area contributed by atoms with Gasteiger partial charge in [-0.3, -0.25) is 0 Å². The first-order valence-corrected chi connectivity index (χ1v) is 8.41. The highest BCUT2D eigenvalue weighted by atomic mass is 32.1. The zero-order chi connectivity index (χ0) is 14.5. The predicted molar refractivity (Wildman–Crippen MR) is 87.4 cm³/mol. The number of hydrogen-bond donors (Lipinski definition) is 1. The van der Waals surface area contributed by atoms with Crippen molar-refractivity contribution in [1.29, 1.82) is 0 Å². The lowest BCUT2D eigenvalue weighted by atomic mass is 9.98. The molecule has 2 aromatic heterocycles. The summed E-state index contributed by atoms with van der Waals surface area (Å²) in [7, 11) is 0. The number of thiophene rings is 1. The zero-order valence-corrected chi connectivity index (χ0v) is 13.8. The highest BCUT2D eigenvalue weighted by Crippen LogP contribution is 2.26. The van der Waals surface area contributed by atoms with Crippen molar-refractivity contribution in [2.45, 2.75) is 53.0 Å². The quantitative estimate of drug-likeness (QED) is 0.842. The molecule has 0 fully saturated rings. The molecule has 3 nitrogen and oxygen atoms in total. The molecule has 2 rings (SSSR count). The summed E-state index contributed by atoms with van der Waals surface area (Å²) in [5.41, 5.74) is 1.19. The number of fused-ring (bicyclic) bond motifs is 1. The van der Waals surface area contributed by atoms with Gasteiger partial charge in [0.05, 0.1) is 5.69 Å². The summed E-state index contributed by atoms with van der Waals surface area (Å²) in [5, 5.41) is 4.84. The Morgan fingerprint density at radius 3 is 2.70 bits per heavy atom. The van der Waals surface area contributed by atoms with Crippen molar-refractivity contribution in [1.82, 2.24) is 15.3 Å². The smallest absolute Gasteiger partial charge is 0.127 e. The highest BCUT2D eigenvalue weighted by Gasteiger charge is 2.15. The van der Waals surface area contributed by atoms with Gasteiger partial charge in [-0.25, -0.2) is 9.97 Å². The molecule has 0 aliphatic carbocycles. The molecule has 0 aromatic carbocycles. The third-order valence-corrected chi connectivity index (χ3v) is 4.69. The molecule has 0 saturated heterocycles. The predicted octanol–water partition coefficient (Wildman–Crippen LogP) is 3.82. The molecule has 0 aliphatic rings. The lowest BCUT2D eigenvalue weighted by molar-refractivity contribution is 0.422. The molecular weight excluding hydrogens is 266 g/mol. The summed E-state index contributed by atoms with van der Waals surface area (Å²) in [4.78, 5) is 11.5. The number of likely N-dealkylation sites (N-methyl/N-ethyl adjacent to an activating group) is 1. The van der Waals surface area contributed by atoms with Crippen LogP contribution in [-0.4, -0.2) is 22.6 Å². The topological polar surface area (TPSA) is 37.8 Å². The average molecular weight is 291 g/mol. The van der Waals surface area contributed by atoms with Crippen molar-refractivity contribution in [3.63, 3.8) is 0 Å². The maximum Gasteiger partial charge on any atom is 0.127 e. The van der Waals surface area contributed by atoms with Crippen molar-refractivity contribution >= 4 is 21.6 Å². The molecule has 0 radical (unpaired) electrons. The van der Waals surface area contributed by atoms with Crippen LogP contribution in [0, 0.1) is 5.92 Å². The molecule has 0 saturated carbocycles. The van der Waals surface area contributed by atoms with Crippen molar-refractivity contribution in [2.24, 2.45) is 5.92 Å². The molecule has 1 unspecified atom stereocenters. The van der Waals surface area contributed by atoms with Gasteiger partial charge in [0.2, 0.25) is 0 Å². The van der Waals surface area contributed by atoms with E-state index >= 15 is 0 Å². The van der Waals surface area contributed by atoms with Crippen LogP contribution in [-0.2, 0) is 12.8 Å². The van der Waals surface area contributed by atoms with E-state index in [1.807, 2.05) is 0 Å². The summed E-state index contributed by atoms with van der Waals surface area (Å²) in [5.74, 6) is 0.699. The highest BCUT2D eigenvalue weighted by molar-refractivity contribution is 7.18. The maximum atomic E-state index is 4.54. The van der Waals surface area contributed by atoms with Crippen LogP contribution in [0.1, 0.15) is 44.7 Å². The largest absolute Gasteiger partial charge is 0.314 e. The fourth-order valence-corrected chi connectivity index (χ4v) is 3.58. The van der Waals surface area contributed by atoms with E-state index in [1.165, 1.54) is 22.4 Å². The molecule has 0 bridgehead atoms. The molecule has 1 atom stereocenters. The van der Waals surface area contributed by atoms with Gasteiger partial charge in [0.25, 0.3) is 0 Å². The normalized spacial score (nSPS) is 13.2. The van der Waals surface area contributed by atoms with Crippen LogP contribution in [0.5, 0.6) is 0 Å². The zero-order valence-electron chi connectivity index (χ0n) is 12.9. The molecule has 0 amide bonds. The number of aryl methyl sites for hydroxylation is 1. The molecule has 0 spiro atoms. The van der Waals surface area contributed by atoms with Crippen LogP contribution in [0.2, 0.25) is 0 Å². The van der Waals surface area contributed by atoms with E-state index in [4.69, 9.17) is 0 Å². The van der Waals surface area contributed by atoms with Crippen molar-refractivity contribution in [3.8, 4) is 0 Å². The molecule has 4 heteroatoms. The minimum atomic E-state index is 0.503. The molecule has 20 heavy (non-hydrogen) atoms. The molecule has 110 valence electrons. The van der Waals surface area contributed by atoms with Gasteiger partial charge in [-0.05, 0) is 31.4 Å². The summed E-state index contributed by atoms with van der Waals surface area (Å²) in [6, 6.07) is 2.77. The second-order valence-electron chi connectivity index (χ2n) is 5.69. The van der Waals surface area contributed by atoms with Crippen LogP contribution in [0.3, 0.4) is 0 Å². The molecule has 2 heterocycles. The Balaban J connectivity index is 2.24. The second-order valence-corrected chi connectivity index (χ2v) is 6.81. The summed E-state index contributed by atoms with van der Waals surface area (Å²) in [6.07, 6.45) is 4.96. The number of rotatable bonds is 7. The van der Waals surface area contributed by atoms with Gasteiger partial charge in [0, 0.05) is 22.7 Å². The lowest BCUT2D eigenvalue weighted by Crippen LogP contribution is -2.32. The van der Waals surface area contributed by atoms with Gasteiger partial charge in [-0.15, -0.1) is 11.3 Å². The Hall–Kier alpha value is -1.00. The first kappa shape index (κ1) is 15.4.